The summed E-state index contributed by atoms with van der Waals surface area (Å²) in [6.45, 7) is 2.31. The van der Waals surface area contributed by atoms with E-state index in [0.29, 0.717) is 0 Å². The van der Waals surface area contributed by atoms with Gasteiger partial charge in [0, 0.05) is 12.6 Å². The van der Waals surface area contributed by atoms with Gasteiger partial charge in [-0.3, -0.25) is 4.79 Å². The van der Waals surface area contributed by atoms with Gasteiger partial charge in [-0.2, -0.15) is 13.2 Å². The number of carbonyl (C=O) groups excluding carboxylic acids is 1. The summed E-state index contributed by atoms with van der Waals surface area (Å²) in [6, 6.07) is 4.94. The van der Waals surface area contributed by atoms with E-state index >= 15 is 0 Å². The van der Waals surface area contributed by atoms with E-state index in [9.17, 15) is 18.0 Å². The van der Waals surface area contributed by atoms with Crippen molar-refractivity contribution < 1.29 is 18.0 Å². The molecule has 1 amide bonds. The second-order valence-electron chi connectivity index (χ2n) is 4.97. The molecule has 1 aromatic carbocycles. The number of carbonyl (C=O) groups is 1. The zero-order valence-corrected chi connectivity index (χ0v) is 13.3. The molecule has 1 unspecified atom stereocenters. The van der Waals surface area contributed by atoms with E-state index in [2.05, 4.69) is 5.32 Å². The van der Waals surface area contributed by atoms with Crippen molar-refractivity contribution >= 4 is 18.3 Å². The number of halogens is 4. The molecule has 0 aliphatic rings. The molecule has 0 saturated heterocycles. The van der Waals surface area contributed by atoms with E-state index in [1.54, 1.807) is 0 Å². The lowest BCUT2D eigenvalue weighted by molar-refractivity contribution is -0.138. The van der Waals surface area contributed by atoms with Crippen molar-refractivity contribution in [1.29, 1.82) is 0 Å². The van der Waals surface area contributed by atoms with Gasteiger partial charge in [-0.25, -0.2) is 0 Å². The number of hydrogen-bond donors (Lipinski definition) is 2. The number of amides is 1. The Labute approximate surface area is 134 Å². The molecule has 0 aromatic heterocycles. The molecule has 0 spiro atoms. The summed E-state index contributed by atoms with van der Waals surface area (Å²) >= 11 is 0. The van der Waals surface area contributed by atoms with Crippen molar-refractivity contribution in [2.24, 2.45) is 5.73 Å². The van der Waals surface area contributed by atoms with Crippen LogP contribution >= 0.6 is 12.4 Å². The van der Waals surface area contributed by atoms with Gasteiger partial charge in [-0.1, -0.05) is 38.0 Å². The topological polar surface area (TPSA) is 55.1 Å². The first kappa shape index (κ1) is 20.7. The zero-order valence-electron chi connectivity index (χ0n) is 12.5. The van der Waals surface area contributed by atoms with Gasteiger partial charge in [0.1, 0.15) is 0 Å². The van der Waals surface area contributed by atoms with E-state index in [-0.39, 0.29) is 37.0 Å². The van der Waals surface area contributed by atoms with Gasteiger partial charge in [0.15, 0.2) is 0 Å². The average molecular weight is 339 g/mol. The maximum absolute atomic E-state index is 12.8. The summed E-state index contributed by atoms with van der Waals surface area (Å²) in [7, 11) is 0. The lowest BCUT2D eigenvalue weighted by atomic mass is 10.0. The molecule has 0 aliphatic heterocycles. The molecule has 0 aliphatic carbocycles. The van der Waals surface area contributed by atoms with Gasteiger partial charge in [0.2, 0.25) is 5.91 Å². The van der Waals surface area contributed by atoms with Gasteiger partial charge in [-0.15, -0.1) is 12.4 Å². The minimum absolute atomic E-state index is 0. The van der Waals surface area contributed by atoms with Gasteiger partial charge in [0.25, 0.3) is 0 Å². The predicted octanol–water partition coefficient (Wildman–Crippen LogP) is 3.30. The first-order chi connectivity index (χ1) is 9.88. The Balaban J connectivity index is 0.00000441. The Bertz CT molecular complexity index is 466. The van der Waals surface area contributed by atoms with E-state index in [1.807, 2.05) is 6.92 Å². The molecule has 1 atom stereocenters. The van der Waals surface area contributed by atoms with Crippen LogP contribution in [0.2, 0.25) is 0 Å². The van der Waals surface area contributed by atoms with Gasteiger partial charge in [-0.05, 0) is 18.1 Å². The van der Waals surface area contributed by atoms with Crippen molar-refractivity contribution in [3.8, 4) is 0 Å². The highest BCUT2D eigenvalue weighted by molar-refractivity contribution is 5.85. The molecule has 0 radical (unpaired) electrons. The van der Waals surface area contributed by atoms with Crippen molar-refractivity contribution in [3.63, 3.8) is 0 Å². The zero-order chi connectivity index (χ0) is 15.9. The van der Waals surface area contributed by atoms with Crippen molar-refractivity contribution in [2.75, 3.05) is 6.54 Å². The fraction of sp³-hybridized carbons (Fsp3) is 0.533. The molecule has 22 heavy (non-hydrogen) atoms. The minimum atomic E-state index is -4.45. The van der Waals surface area contributed by atoms with E-state index in [1.165, 1.54) is 18.2 Å². The van der Waals surface area contributed by atoms with Crippen LogP contribution in [0.3, 0.4) is 0 Å². The van der Waals surface area contributed by atoms with Crippen LogP contribution < -0.4 is 11.1 Å². The Kier molecular flexibility index (Phi) is 9.13. The monoisotopic (exact) mass is 338 g/mol. The van der Waals surface area contributed by atoms with Crippen LogP contribution in [0, 0.1) is 0 Å². The van der Waals surface area contributed by atoms with Crippen LogP contribution in [0.15, 0.2) is 24.3 Å². The molecule has 0 bridgehead atoms. The lowest BCUT2D eigenvalue weighted by Gasteiger charge is -2.17. The maximum Gasteiger partial charge on any atom is 0.416 e. The molecule has 1 aromatic rings. The van der Waals surface area contributed by atoms with Gasteiger partial charge >= 0.3 is 6.18 Å². The number of unbranched alkanes of at least 4 members (excludes halogenated alkanes) is 1. The van der Waals surface area contributed by atoms with Crippen LogP contribution in [-0.2, 0) is 17.4 Å². The van der Waals surface area contributed by atoms with Gasteiger partial charge < -0.3 is 11.1 Å². The highest BCUT2D eigenvalue weighted by atomic mass is 35.5. The summed E-state index contributed by atoms with van der Waals surface area (Å²) in [4.78, 5) is 11.9. The third kappa shape index (κ3) is 6.66. The Hall–Kier alpha value is -1.27. The van der Waals surface area contributed by atoms with Crippen LogP contribution in [0.5, 0.6) is 0 Å². The van der Waals surface area contributed by atoms with E-state index in [0.717, 1.165) is 25.3 Å². The Morgan fingerprint density at radius 1 is 1.32 bits per heavy atom. The molecular formula is C15H22ClF3N2O. The lowest BCUT2D eigenvalue weighted by Crippen LogP contribution is -2.41. The molecule has 126 valence electrons. The van der Waals surface area contributed by atoms with Crippen LogP contribution in [0.4, 0.5) is 13.2 Å². The predicted molar refractivity (Wildman–Crippen MR) is 82.9 cm³/mol. The third-order valence-corrected chi connectivity index (χ3v) is 3.23. The average Bonchev–Trinajstić information content (AvgIpc) is 2.42. The molecule has 3 N–H and O–H groups in total. The van der Waals surface area contributed by atoms with Crippen molar-refractivity contribution in [1.82, 2.24) is 5.32 Å². The highest BCUT2D eigenvalue weighted by Crippen LogP contribution is 2.31. The molecule has 1 rings (SSSR count). The number of benzene rings is 1. The summed E-state index contributed by atoms with van der Waals surface area (Å²) in [6.07, 6.45) is -2.12. The minimum Gasteiger partial charge on any atom is -0.352 e. The SMILES string of the molecule is CCCCC(CN)NC(=O)Cc1ccccc1C(F)(F)F.Cl. The first-order valence-electron chi connectivity index (χ1n) is 7.03. The van der Waals surface area contributed by atoms with E-state index in [4.69, 9.17) is 5.73 Å². The molecular weight excluding hydrogens is 317 g/mol. The van der Waals surface area contributed by atoms with Crippen LogP contribution in [0.1, 0.15) is 37.3 Å². The third-order valence-electron chi connectivity index (χ3n) is 3.23. The smallest absolute Gasteiger partial charge is 0.352 e. The Morgan fingerprint density at radius 3 is 2.50 bits per heavy atom. The van der Waals surface area contributed by atoms with Crippen molar-refractivity contribution in [3.05, 3.63) is 35.4 Å². The fourth-order valence-corrected chi connectivity index (χ4v) is 2.10. The molecule has 0 fully saturated rings. The maximum atomic E-state index is 12.8. The number of rotatable bonds is 7. The number of nitrogens with two attached hydrogens (primary N) is 1. The summed E-state index contributed by atoms with van der Waals surface area (Å²) in [5.41, 5.74) is 4.77. The fourth-order valence-electron chi connectivity index (χ4n) is 2.10. The van der Waals surface area contributed by atoms with Crippen LogP contribution in [0.25, 0.3) is 0 Å². The standard InChI is InChI=1S/C15H21F3N2O.ClH/c1-2-3-7-12(10-19)20-14(21)9-11-6-4-5-8-13(11)15(16,17)18;/h4-6,8,12H,2-3,7,9-10,19H2,1H3,(H,20,21);1H. The quantitative estimate of drug-likeness (QED) is 0.801. The second kappa shape index (κ2) is 9.69. The molecule has 7 heteroatoms. The molecule has 0 heterocycles. The second-order valence-corrected chi connectivity index (χ2v) is 4.97. The van der Waals surface area contributed by atoms with Crippen molar-refractivity contribution in [2.45, 2.75) is 44.8 Å². The summed E-state index contributed by atoms with van der Waals surface area (Å²) in [5, 5.41) is 2.70. The number of alkyl halides is 3. The van der Waals surface area contributed by atoms with E-state index < -0.39 is 17.6 Å². The molecule has 3 nitrogen and oxygen atoms in total. The first-order valence-corrected chi connectivity index (χ1v) is 7.03. The number of hydrogen-bond acceptors (Lipinski definition) is 2. The largest absolute Gasteiger partial charge is 0.416 e. The summed E-state index contributed by atoms with van der Waals surface area (Å²) < 4.78 is 38.5. The number of nitrogens with one attached hydrogen (secondary N) is 1. The summed E-state index contributed by atoms with van der Waals surface area (Å²) in [5.74, 6) is -0.432. The highest BCUT2D eigenvalue weighted by Gasteiger charge is 2.33. The van der Waals surface area contributed by atoms with Crippen LogP contribution in [-0.4, -0.2) is 18.5 Å². The normalized spacial score (nSPS) is 12.4. The molecule has 0 saturated carbocycles. The van der Waals surface area contributed by atoms with Gasteiger partial charge in [0.05, 0.1) is 12.0 Å². The Morgan fingerprint density at radius 2 is 1.95 bits per heavy atom.